The Morgan fingerprint density at radius 2 is 1.71 bits per heavy atom. The molecule has 0 unspecified atom stereocenters. The molecule has 2 aromatic rings. The number of nitrogens with one attached hydrogen (secondary N) is 5. The Hall–Kier alpha value is -5.02. The minimum Gasteiger partial charge on any atom is -0.469 e. The van der Waals surface area contributed by atoms with Gasteiger partial charge in [-0.25, -0.2) is 0 Å². The summed E-state index contributed by atoms with van der Waals surface area (Å²) in [5, 5.41) is 14.0. The van der Waals surface area contributed by atoms with Gasteiger partial charge in [0, 0.05) is 51.2 Å². The van der Waals surface area contributed by atoms with Crippen molar-refractivity contribution < 1.29 is 37.9 Å². The van der Waals surface area contributed by atoms with Crippen LogP contribution in [0.3, 0.4) is 0 Å². The standard InChI is InChI=1S/C37H51N7O8/c1-37(2,3)22-29-35(49)41-27(33(47)39-14-18-51-17-13-38)20-24-7-4-8-25(19-24)23-40-31(45)11-12-32(46)44-15-5-10-30(44)36(50)42-28(34(48)43-29)21-26-9-6-16-52-26/h4,6-9,11-12,16,19,27-30H,5,10,13-15,17-18,20-23,38H2,1-3H3,(H,39,47)(H,40,45)(H,41,49)(H,42,50)(H,43,48)/b12-11+/t27-,28-,29+,30+/m0/s1. The third-order valence-corrected chi connectivity index (χ3v) is 8.62. The third-order valence-electron chi connectivity index (χ3n) is 8.62. The fourth-order valence-corrected chi connectivity index (χ4v) is 6.13. The minimum absolute atomic E-state index is 0.0250. The topological polar surface area (TPSA) is 214 Å². The average Bonchev–Trinajstić information content (AvgIpc) is 3.81. The largest absolute Gasteiger partial charge is 0.469 e. The number of carbonyl (C=O) groups is 6. The van der Waals surface area contributed by atoms with E-state index in [0.717, 1.165) is 17.7 Å². The Kier molecular flexibility index (Phi) is 14.5. The summed E-state index contributed by atoms with van der Waals surface area (Å²) >= 11 is 0. The smallest absolute Gasteiger partial charge is 0.247 e. The van der Waals surface area contributed by atoms with E-state index in [9.17, 15) is 28.8 Å². The maximum Gasteiger partial charge on any atom is 0.247 e. The minimum atomic E-state index is -1.17. The van der Waals surface area contributed by atoms with Crippen molar-refractivity contribution in [3.8, 4) is 0 Å². The van der Waals surface area contributed by atoms with Crippen molar-refractivity contribution in [1.29, 1.82) is 0 Å². The highest BCUT2D eigenvalue weighted by Gasteiger charge is 2.37. The summed E-state index contributed by atoms with van der Waals surface area (Å²) < 4.78 is 10.9. The highest BCUT2D eigenvalue weighted by atomic mass is 16.5. The van der Waals surface area contributed by atoms with Crippen LogP contribution in [0, 0.1) is 5.41 Å². The van der Waals surface area contributed by atoms with E-state index in [1.165, 1.54) is 11.2 Å². The van der Waals surface area contributed by atoms with Crippen molar-refractivity contribution >= 4 is 35.4 Å². The van der Waals surface area contributed by atoms with Gasteiger partial charge in [-0.05, 0) is 47.9 Å². The molecule has 4 atom stereocenters. The molecule has 1 fully saturated rings. The van der Waals surface area contributed by atoms with Crippen molar-refractivity contribution in [3.05, 3.63) is 71.7 Å². The number of benzene rings is 1. The van der Waals surface area contributed by atoms with E-state index in [1.807, 2.05) is 26.8 Å². The molecule has 1 saturated heterocycles. The van der Waals surface area contributed by atoms with Crippen molar-refractivity contribution in [2.24, 2.45) is 11.1 Å². The molecule has 1 aromatic heterocycles. The molecule has 52 heavy (non-hydrogen) atoms. The molecule has 1 aromatic carbocycles. The average molecular weight is 722 g/mol. The zero-order chi connectivity index (χ0) is 37.7. The monoisotopic (exact) mass is 721 g/mol. The summed E-state index contributed by atoms with van der Waals surface area (Å²) in [5.41, 5.74) is 6.49. The van der Waals surface area contributed by atoms with E-state index in [2.05, 4.69) is 26.6 Å². The molecule has 3 heterocycles. The normalized spacial score (nSPS) is 23.0. The summed E-state index contributed by atoms with van der Waals surface area (Å²) in [6.45, 7) is 7.28. The zero-order valence-electron chi connectivity index (χ0n) is 30.1. The molecule has 0 spiro atoms. The number of rotatable bonds is 9. The van der Waals surface area contributed by atoms with Crippen LogP contribution in [0.4, 0.5) is 0 Å². The lowest BCUT2D eigenvalue weighted by molar-refractivity contribution is -0.137. The molecular formula is C37H51N7O8. The van der Waals surface area contributed by atoms with Crippen LogP contribution in [0.15, 0.2) is 59.2 Å². The van der Waals surface area contributed by atoms with Crippen molar-refractivity contribution in [1.82, 2.24) is 31.5 Å². The van der Waals surface area contributed by atoms with E-state index >= 15 is 0 Å². The molecule has 7 N–H and O–H groups in total. The number of furan rings is 1. The molecule has 2 aliphatic rings. The molecule has 6 amide bonds. The number of ether oxygens (including phenoxy) is 1. The number of hydrogen-bond donors (Lipinski definition) is 6. The number of hydrogen-bond acceptors (Lipinski definition) is 9. The van der Waals surface area contributed by atoms with Crippen LogP contribution in [-0.2, 0) is 52.9 Å². The van der Waals surface area contributed by atoms with Crippen molar-refractivity contribution in [2.45, 2.75) is 83.6 Å². The maximum absolute atomic E-state index is 14.1. The second-order valence-electron chi connectivity index (χ2n) is 14.2. The van der Waals surface area contributed by atoms with E-state index in [-0.39, 0.29) is 39.0 Å². The van der Waals surface area contributed by atoms with Gasteiger partial charge in [-0.2, -0.15) is 0 Å². The highest BCUT2D eigenvalue weighted by Crippen LogP contribution is 2.22. The van der Waals surface area contributed by atoms with Gasteiger partial charge in [-0.1, -0.05) is 45.0 Å². The SMILES string of the molecule is CC(C)(C)C[C@H]1NC(=O)[C@H](Cc2ccco2)NC(=O)[C@H]2CCCN2C(=O)/C=C/C(=O)NCc2cccc(c2)C[C@@H](C(=O)NCCOCCN)NC1=O. The van der Waals surface area contributed by atoms with E-state index in [0.29, 0.717) is 43.9 Å². The number of fused-ring (bicyclic) bond motifs is 3. The van der Waals surface area contributed by atoms with Gasteiger partial charge in [0.2, 0.25) is 35.4 Å². The molecule has 15 heteroatoms. The van der Waals surface area contributed by atoms with Gasteiger partial charge in [0.25, 0.3) is 0 Å². The summed E-state index contributed by atoms with van der Waals surface area (Å²) in [5.74, 6) is -2.83. The molecule has 15 nitrogen and oxygen atoms in total. The second-order valence-corrected chi connectivity index (χ2v) is 14.2. The molecule has 2 bridgehead atoms. The van der Waals surface area contributed by atoms with Gasteiger partial charge < -0.3 is 46.4 Å². The first-order valence-electron chi connectivity index (χ1n) is 17.7. The predicted molar refractivity (Wildman–Crippen MR) is 191 cm³/mol. The first-order valence-corrected chi connectivity index (χ1v) is 17.7. The van der Waals surface area contributed by atoms with Crippen LogP contribution < -0.4 is 32.3 Å². The van der Waals surface area contributed by atoms with Crippen LogP contribution >= 0.6 is 0 Å². The fraction of sp³-hybridized carbons (Fsp3) is 0.514. The Balaban J connectivity index is 1.68. The van der Waals surface area contributed by atoms with E-state index < -0.39 is 65.0 Å². The molecule has 0 radical (unpaired) electrons. The van der Waals surface area contributed by atoms with Gasteiger partial charge in [0.15, 0.2) is 0 Å². The Bertz CT molecular complexity index is 1590. The van der Waals surface area contributed by atoms with Crippen LogP contribution in [0.2, 0.25) is 0 Å². The van der Waals surface area contributed by atoms with E-state index in [1.54, 1.807) is 30.3 Å². The predicted octanol–water partition coefficient (Wildman–Crippen LogP) is 0.224. The van der Waals surface area contributed by atoms with Crippen LogP contribution in [0.25, 0.3) is 0 Å². The van der Waals surface area contributed by atoms with Gasteiger partial charge in [-0.3, -0.25) is 28.8 Å². The van der Waals surface area contributed by atoms with Gasteiger partial charge >= 0.3 is 0 Å². The molecule has 2 aliphatic heterocycles. The van der Waals surface area contributed by atoms with Crippen LogP contribution in [0.5, 0.6) is 0 Å². The second kappa shape index (κ2) is 19.0. The number of carbonyl (C=O) groups excluding carboxylic acids is 6. The summed E-state index contributed by atoms with van der Waals surface area (Å²) in [7, 11) is 0. The summed E-state index contributed by atoms with van der Waals surface area (Å²) in [6.07, 6.45) is 4.90. The first kappa shape index (κ1) is 39.8. The summed E-state index contributed by atoms with van der Waals surface area (Å²) in [6, 6.07) is 6.35. The molecule has 0 aliphatic carbocycles. The van der Waals surface area contributed by atoms with Crippen molar-refractivity contribution in [3.63, 3.8) is 0 Å². The quantitative estimate of drug-likeness (QED) is 0.195. The van der Waals surface area contributed by atoms with Crippen molar-refractivity contribution in [2.75, 3.05) is 32.8 Å². The van der Waals surface area contributed by atoms with Gasteiger partial charge in [0.05, 0.1) is 19.5 Å². The van der Waals surface area contributed by atoms with Crippen LogP contribution in [0.1, 0.15) is 56.9 Å². The maximum atomic E-state index is 14.1. The lowest BCUT2D eigenvalue weighted by Crippen LogP contribution is -2.59. The lowest BCUT2D eigenvalue weighted by atomic mass is 9.87. The Morgan fingerprint density at radius 1 is 0.962 bits per heavy atom. The lowest BCUT2D eigenvalue weighted by Gasteiger charge is -2.30. The van der Waals surface area contributed by atoms with Gasteiger partial charge in [0.1, 0.15) is 29.9 Å². The van der Waals surface area contributed by atoms with E-state index in [4.69, 9.17) is 14.9 Å². The number of nitrogens with two attached hydrogens (primary N) is 1. The number of amides is 6. The molecular weight excluding hydrogens is 670 g/mol. The molecule has 0 saturated carbocycles. The molecule has 4 rings (SSSR count). The first-order chi connectivity index (χ1) is 24.8. The summed E-state index contributed by atoms with van der Waals surface area (Å²) in [4.78, 5) is 82.5. The van der Waals surface area contributed by atoms with Gasteiger partial charge in [-0.15, -0.1) is 0 Å². The zero-order valence-corrected chi connectivity index (χ0v) is 30.1. The third kappa shape index (κ3) is 12.3. The Morgan fingerprint density at radius 3 is 2.44 bits per heavy atom. The highest BCUT2D eigenvalue weighted by molar-refractivity contribution is 6.00. The fourth-order valence-electron chi connectivity index (χ4n) is 6.13. The Labute approximate surface area is 303 Å². The number of nitrogens with zero attached hydrogens (tertiary/aromatic N) is 1. The molecule has 282 valence electrons. The van der Waals surface area contributed by atoms with Crippen LogP contribution in [-0.4, -0.2) is 97.4 Å².